The molecule has 0 saturated heterocycles. The van der Waals surface area contributed by atoms with Crippen LogP contribution in [-0.2, 0) is 14.3 Å². The summed E-state index contributed by atoms with van der Waals surface area (Å²) in [4.78, 5) is 23.4. The highest BCUT2D eigenvalue weighted by atomic mass is 79.9. The topological polar surface area (TPSA) is 43.4 Å². The maximum atomic E-state index is 11.8. The molecule has 0 saturated carbocycles. The van der Waals surface area contributed by atoms with Crippen LogP contribution in [0.1, 0.15) is 64.2 Å². The lowest BCUT2D eigenvalue weighted by molar-refractivity contribution is -0.143. The van der Waals surface area contributed by atoms with Crippen molar-refractivity contribution in [1.29, 1.82) is 0 Å². The largest absolute Gasteiger partial charge is 0.466 e. The number of alkyl halides is 1. The van der Waals surface area contributed by atoms with Crippen LogP contribution in [0.3, 0.4) is 0 Å². The molecule has 3 nitrogen and oxygen atoms in total. The first-order valence-corrected chi connectivity index (χ1v) is 9.95. The molecule has 1 rings (SSSR count). The van der Waals surface area contributed by atoms with Crippen LogP contribution in [0.4, 0.5) is 0 Å². The van der Waals surface area contributed by atoms with Gasteiger partial charge in [0.05, 0.1) is 12.5 Å². The number of unbranched alkanes of at least 4 members (excludes halogenated alkanes) is 6. The molecule has 0 heterocycles. The van der Waals surface area contributed by atoms with Crippen molar-refractivity contribution in [3.05, 3.63) is 24.3 Å². The normalized spacial score (nSPS) is 13.6. The number of halogens is 1. The predicted molar refractivity (Wildman–Crippen MR) is 97.7 cm³/mol. The van der Waals surface area contributed by atoms with E-state index in [0.717, 1.165) is 18.2 Å². The Hall–Kier alpha value is -0.900. The highest BCUT2D eigenvalue weighted by Gasteiger charge is 2.14. The maximum Gasteiger partial charge on any atom is 0.305 e. The van der Waals surface area contributed by atoms with Gasteiger partial charge in [-0.05, 0) is 19.3 Å². The molecule has 0 N–H and O–H groups in total. The molecule has 0 atom stereocenters. The van der Waals surface area contributed by atoms with E-state index in [0.29, 0.717) is 25.9 Å². The summed E-state index contributed by atoms with van der Waals surface area (Å²) in [5, 5.41) is 1.10. The predicted octanol–water partition coefficient (Wildman–Crippen LogP) is 5.14. The molecule has 23 heavy (non-hydrogen) atoms. The van der Waals surface area contributed by atoms with E-state index in [1.807, 2.05) is 24.3 Å². The molecule has 1 aliphatic rings. The minimum Gasteiger partial charge on any atom is -0.466 e. The maximum absolute atomic E-state index is 11.8. The summed E-state index contributed by atoms with van der Waals surface area (Å²) in [5.41, 5.74) is 0. The fourth-order valence-electron chi connectivity index (χ4n) is 2.56. The molecular weight excluding hydrogens is 356 g/mol. The Bertz CT molecular complexity index is 389. The molecule has 0 aliphatic heterocycles. The molecule has 0 fully saturated rings. The molecule has 0 unspecified atom stereocenters. The van der Waals surface area contributed by atoms with Gasteiger partial charge in [-0.25, -0.2) is 0 Å². The van der Waals surface area contributed by atoms with Crippen LogP contribution in [-0.4, -0.2) is 23.7 Å². The molecule has 4 heteroatoms. The Morgan fingerprint density at radius 1 is 0.826 bits per heavy atom. The summed E-state index contributed by atoms with van der Waals surface area (Å²) in [5.74, 6) is -0.0733. The van der Waals surface area contributed by atoms with Crippen LogP contribution < -0.4 is 0 Å². The van der Waals surface area contributed by atoms with E-state index in [1.165, 1.54) is 32.1 Å². The summed E-state index contributed by atoms with van der Waals surface area (Å²) >= 11 is 3.44. The first-order valence-electron chi connectivity index (χ1n) is 8.83. The second kappa shape index (κ2) is 13.5. The smallest absolute Gasteiger partial charge is 0.305 e. The third-order valence-electron chi connectivity index (χ3n) is 3.96. The lowest BCUT2D eigenvalue weighted by Crippen LogP contribution is -2.10. The van der Waals surface area contributed by atoms with E-state index in [-0.39, 0.29) is 17.7 Å². The number of hydrogen-bond donors (Lipinski definition) is 0. The van der Waals surface area contributed by atoms with Gasteiger partial charge in [0, 0.05) is 18.2 Å². The Balaban J connectivity index is 1.87. The van der Waals surface area contributed by atoms with Gasteiger partial charge in [0.2, 0.25) is 0 Å². The van der Waals surface area contributed by atoms with Crippen molar-refractivity contribution >= 4 is 27.7 Å². The quantitative estimate of drug-likeness (QED) is 0.236. The third-order valence-corrected chi connectivity index (χ3v) is 4.53. The van der Waals surface area contributed by atoms with Crippen molar-refractivity contribution in [2.75, 3.05) is 11.9 Å². The Morgan fingerprint density at radius 2 is 1.43 bits per heavy atom. The van der Waals surface area contributed by atoms with Gasteiger partial charge in [-0.15, -0.1) is 0 Å². The first kappa shape index (κ1) is 20.1. The van der Waals surface area contributed by atoms with Crippen molar-refractivity contribution in [2.24, 2.45) is 5.92 Å². The first-order chi connectivity index (χ1) is 11.2. The van der Waals surface area contributed by atoms with E-state index in [1.54, 1.807) is 0 Å². The standard InChI is InChI=1S/C19H29BrO3/c20-15-8-4-2-1-3-5-9-16-23-19(22)14-10-13-18(21)17-11-6-7-12-17/h6-7,11-12,17H,1-5,8-10,13-16H2. The Labute approximate surface area is 148 Å². The zero-order chi connectivity index (χ0) is 16.8. The van der Waals surface area contributed by atoms with Gasteiger partial charge in [-0.2, -0.15) is 0 Å². The highest BCUT2D eigenvalue weighted by molar-refractivity contribution is 9.09. The van der Waals surface area contributed by atoms with Gasteiger partial charge in [-0.1, -0.05) is 72.3 Å². The fourth-order valence-corrected chi connectivity index (χ4v) is 2.96. The zero-order valence-corrected chi connectivity index (χ0v) is 15.6. The second-order valence-electron chi connectivity index (χ2n) is 6.00. The van der Waals surface area contributed by atoms with Gasteiger partial charge >= 0.3 is 5.97 Å². The average Bonchev–Trinajstić information content (AvgIpc) is 3.08. The SMILES string of the molecule is O=C(CCCC(=O)C1C=CC=C1)OCCCCCCCCCBr. The molecule has 0 bridgehead atoms. The van der Waals surface area contributed by atoms with Crippen LogP contribution in [0.2, 0.25) is 0 Å². The number of Topliss-reactive ketones (excluding diaryl/α,β-unsaturated/α-hetero) is 1. The minimum absolute atomic E-state index is 0.0828. The van der Waals surface area contributed by atoms with Gasteiger partial charge in [-0.3, -0.25) is 9.59 Å². The van der Waals surface area contributed by atoms with Crippen molar-refractivity contribution in [2.45, 2.75) is 64.2 Å². The molecule has 0 aromatic rings. The fraction of sp³-hybridized carbons (Fsp3) is 0.684. The Kier molecular flexibility index (Phi) is 11.9. The highest BCUT2D eigenvalue weighted by Crippen LogP contribution is 2.14. The molecule has 1 aliphatic carbocycles. The summed E-state index contributed by atoms with van der Waals surface area (Å²) < 4.78 is 5.21. The molecule has 0 amide bonds. The van der Waals surface area contributed by atoms with Crippen molar-refractivity contribution in [3.63, 3.8) is 0 Å². The van der Waals surface area contributed by atoms with E-state index in [4.69, 9.17) is 4.74 Å². The van der Waals surface area contributed by atoms with E-state index >= 15 is 0 Å². The van der Waals surface area contributed by atoms with Crippen molar-refractivity contribution in [1.82, 2.24) is 0 Å². The lowest BCUT2D eigenvalue weighted by atomic mass is 10.0. The van der Waals surface area contributed by atoms with E-state index < -0.39 is 0 Å². The van der Waals surface area contributed by atoms with E-state index in [9.17, 15) is 9.59 Å². The van der Waals surface area contributed by atoms with Gasteiger partial charge in [0.25, 0.3) is 0 Å². The molecule has 0 aromatic heterocycles. The summed E-state index contributed by atoms with van der Waals surface area (Å²) in [6, 6.07) is 0. The monoisotopic (exact) mass is 384 g/mol. The number of esters is 1. The van der Waals surface area contributed by atoms with Crippen LogP contribution in [0.15, 0.2) is 24.3 Å². The summed E-state index contributed by atoms with van der Waals surface area (Å²) in [6.45, 7) is 0.516. The lowest BCUT2D eigenvalue weighted by Gasteiger charge is -2.06. The van der Waals surface area contributed by atoms with Crippen LogP contribution in [0, 0.1) is 5.92 Å². The number of ketones is 1. The summed E-state index contributed by atoms with van der Waals surface area (Å²) in [7, 11) is 0. The molecule has 0 radical (unpaired) electrons. The van der Waals surface area contributed by atoms with Crippen LogP contribution in [0.25, 0.3) is 0 Å². The molecule has 0 aromatic carbocycles. The van der Waals surface area contributed by atoms with Crippen molar-refractivity contribution < 1.29 is 14.3 Å². The third kappa shape index (κ3) is 10.5. The summed E-state index contributed by atoms with van der Waals surface area (Å²) in [6.07, 6.45) is 17.3. The number of allylic oxidation sites excluding steroid dienone is 4. The minimum atomic E-state index is -0.173. The average molecular weight is 385 g/mol. The molecule has 130 valence electrons. The van der Waals surface area contributed by atoms with E-state index in [2.05, 4.69) is 15.9 Å². The second-order valence-corrected chi connectivity index (χ2v) is 6.79. The Morgan fingerprint density at radius 3 is 2.09 bits per heavy atom. The zero-order valence-electron chi connectivity index (χ0n) is 14.0. The molecular formula is C19H29BrO3. The van der Waals surface area contributed by atoms with Gasteiger partial charge < -0.3 is 4.74 Å². The number of hydrogen-bond acceptors (Lipinski definition) is 3. The van der Waals surface area contributed by atoms with Crippen LogP contribution in [0.5, 0.6) is 0 Å². The molecule has 0 spiro atoms. The van der Waals surface area contributed by atoms with Crippen LogP contribution >= 0.6 is 15.9 Å². The number of carbonyl (C=O) groups is 2. The number of carbonyl (C=O) groups excluding carboxylic acids is 2. The van der Waals surface area contributed by atoms with Crippen molar-refractivity contribution in [3.8, 4) is 0 Å². The van der Waals surface area contributed by atoms with Gasteiger partial charge in [0.1, 0.15) is 5.78 Å². The van der Waals surface area contributed by atoms with Gasteiger partial charge in [0.15, 0.2) is 0 Å². The number of ether oxygens (including phenoxy) is 1. The number of rotatable bonds is 14.